The Morgan fingerprint density at radius 3 is 2.60 bits per heavy atom. The molecular formula is C15H16ClIN2S. The Labute approximate surface area is 142 Å². The standard InChI is InChI=1S/C15H16ClIN2S/c1-3-10(2)20-9-12-18-14(13(17)15(16)19-12)11-7-5-4-6-8-11/h4-8,10H,3,9H2,1-2H3. The summed E-state index contributed by atoms with van der Waals surface area (Å²) >= 11 is 10.3. The molecule has 2 aromatic rings. The summed E-state index contributed by atoms with van der Waals surface area (Å²) in [5.41, 5.74) is 2.00. The van der Waals surface area contributed by atoms with E-state index in [4.69, 9.17) is 11.6 Å². The van der Waals surface area contributed by atoms with Crippen LogP contribution in [0.5, 0.6) is 0 Å². The second-order valence-corrected chi connectivity index (χ2v) is 7.35. The molecule has 0 aliphatic rings. The van der Waals surface area contributed by atoms with Crippen LogP contribution in [-0.2, 0) is 5.75 Å². The summed E-state index contributed by atoms with van der Waals surface area (Å²) in [7, 11) is 0. The first-order chi connectivity index (χ1) is 9.61. The SMILES string of the molecule is CCC(C)SCc1nc(Cl)c(I)c(-c2ccccc2)n1. The number of halogens is 2. The molecule has 1 aromatic heterocycles. The average molecular weight is 419 g/mol. The molecule has 1 atom stereocenters. The fourth-order valence-electron chi connectivity index (χ4n) is 1.65. The highest BCUT2D eigenvalue weighted by molar-refractivity contribution is 14.1. The topological polar surface area (TPSA) is 25.8 Å². The minimum Gasteiger partial charge on any atom is -0.231 e. The Morgan fingerprint density at radius 1 is 1.25 bits per heavy atom. The van der Waals surface area contributed by atoms with Crippen LogP contribution in [-0.4, -0.2) is 15.2 Å². The Balaban J connectivity index is 2.31. The molecule has 106 valence electrons. The Kier molecular flexibility index (Phi) is 6.11. The molecule has 1 aromatic carbocycles. The van der Waals surface area contributed by atoms with Gasteiger partial charge in [0, 0.05) is 10.8 Å². The predicted molar refractivity (Wildman–Crippen MR) is 96.2 cm³/mol. The molecule has 0 radical (unpaired) electrons. The minimum atomic E-state index is 0.541. The van der Waals surface area contributed by atoms with E-state index in [9.17, 15) is 0 Å². The number of hydrogen-bond acceptors (Lipinski definition) is 3. The lowest BCUT2D eigenvalue weighted by atomic mass is 10.1. The van der Waals surface area contributed by atoms with Crippen molar-refractivity contribution in [3.8, 4) is 11.3 Å². The van der Waals surface area contributed by atoms with Crippen LogP contribution in [0.4, 0.5) is 0 Å². The van der Waals surface area contributed by atoms with Gasteiger partial charge in [-0.3, -0.25) is 0 Å². The largest absolute Gasteiger partial charge is 0.231 e. The van der Waals surface area contributed by atoms with Gasteiger partial charge < -0.3 is 0 Å². The van der Waals surface area contributed by atoms with E-state index < -0.39 is 0 Å². The highest BCUT2D eigenvalue weighted by Gasteiger charge is 2.13. The highest BCUT2D eigenvalue weighted by atomic mass is 127. The van der Waals surface area contributed by atoms with E-state index in [0.29, 0.717) is 10.4 Å². The van der Waals surface area contributed by atoms with Gasteiger partial charge in [0.05, 0.1) is 15.0 Å². The van der Waals surface area contributed by atoms with Gasteiger partial charge in [0.25, 0.3) is 0 Å². The summed E-state index contributed by atoms with van der Waals surface area (Å²) in [5.74, 6) is 1.60. The summed E-state index contributed by atoms with van der Waals surface area (Å²) < 4.78 is 0.910. The van der Waals surface area contributed by atoms with E-state index in [-0.39, 0.29) is 0 Å². The number of thioether (sulfide) groups is 1. The smallest absolute Gasteiger partial charge is 0.146 e. The molecule has 5 heteroatoms. The van der Waals surface area contributed by atoms with E-state index in [2.05, 4.69) is 46.4 Å². The molecule has 2 nitrogen and oxygen atoms in total. The zero-order chi connectivity index (χ0) is 14.5. The van der Waals surface area contributed by atoms with Crippen LogP contribution in [0.1, 0.15) is 26.1 Å². The van der Waals surface area contributed by atoms with Crippen molar-refractivity contribution in [1.29, 1.82) is 0 Å². The van der Waals surface area contributed by atoms with Crippen LogP contribution in [0.2, 0.25) is 5.15 Å². The molecule has 1 unspecified atom stereocenters. The van der Waals surface area contributed by atoms with Crippen LogP contribution < -0.4 is 0 Å². The lowest BCUT2D eigenvalue weighted by Gasteiger charge is -2.10. The molecule has 0 fully saturated rings. The number of aromatic nitrogens is 2. The van der Waals surface area contributed by atoms with Crippen molar-refractivity contribution in [2.45, 2.75) is 31.3 Å². The van der Waals surface area contributed by atoms with Crippen LogP contribution in [0.3, 0.4) is 0 Å². The molecule has 0 amide bonds. The first kappa shape index (κ1) is 16.0. The number of benzene rings is 1. The zero-order valence-corrected chi connectivity index (χ0v) is 15.2. The summed E-state index contributed by atoms with van der Waals surface area (Å²) in [6, 6.07) is 10.1. The summed E-state index contributed by atoms with van der Waals surface area (Å²) in [6.07, 6.45) is 1.15. The van der Waals surface area contributed by atoms with E-state index in [1.54, 1.807) is 0 Å². The first-order valence-electron chi connectivity index (χ1n) is 6.50. The summed E-state index contributed by atoms with van der Waals surface area (Å²) in [5, 5.41) is 1.15. The normalized spacial score (nSPS) is 12.4. The summed E-state index contributed by atoms with van der Waals surface area (Å²) in [4.78, 5) is 9.08. The third kappa shape index (κ3) is 4.09. The van der Waals surface area contributed by atoms with Crippen LogP contribution in [0, 0.1) is 3.57 Å². The van der Waals surface area contributed by atoms with E-state index in [0.717, 1.165) is 32.8 Å². The van der Waals surface area contributed by atoms with Gasteiger partial charge in [0.2, 0.25) is 0 Å². The van der Waals surface area contributed by atoms with Gasteiger partial charge >= 0.3 is 0 Å². The lowest BCUT2D eigenvalue weighted by molar-refractivity contribution is 0.901. The van der Waals surface area contributed by atoms with Gasteiger partial charge in [-0.05, 0) is 29.0 Å². The molecule has 1 heterocycles. The molecule has 0 saturated carbocycles. The van der Waals surface area contributed by atoms with Crippen LogP contribution in [0.15, 0.2) is 30.3 Å². The molecule has 0 bridgehead atoms. The number of rotatable bonds is 5. The van der Waals surface area contributed by atoms with Gasteiger partial charge in [0.1, 0.15) is 11.0 Å². The van der Waals surface area contributed by atoms with Crippen LogP contribution in [0.25, 0.3) is 11.3 Å². The first-order valence-corrected chi connectivity index (χ1v) is 9.01. The Hall–Kier alpha value is -0.330. The summed E-state index contributed by atoms with van der Waals surface area (Å²) in [6.45, 7) is 4.41. The van der Waals surface area contributed by atoms with Gasteiger partial charge in [0.15, 0.2) is 0 Å². The van der Waals surface area contributed by atoms with Gasteiger partial charge in [-0.1, -0.05) is 55.8 Å². The van der Waals surface area contributed by atoms with Crippen molar-refractivity contribution < 1.29 is 0 Å². The molecule has 0 aliphatic heterocycles. The second kappa shape index (κ2) is 7.61. The molecule has 20 heavy (non-hydrogen) atoms. The molecule has 0 N–H and O–H groups in total. The maximum absolute atomic E-state index is 6.25. The van der Waals surface area contributed by atoms with E-state index in [1.807, 2.05) is 42.1 Å². The Bertz CT molecular complexity index is 578. The predicted octanol–water partition coefficient (Wildman–Crippen LogP) is 5.43. The average Bonchev–Trinajstić information content (AvgIpc) is 2.48. The van der Waals surface area contributed by atoms with Crippen molar-refractivity contribution in [2.24, 2.45) is 0 Å². The zero-order valence-electron chi connectivity index (χ0n) is 11.4. The maximum Gasteiger partial charge on any atom is 0.146 e. The third-order valence-corrected chi connectivity index (χ3v) is 5.92. The van der Waals surface area contributed by atoms with Crippen molar-refractivity contribution in [3.63, 3.8) is 0 Å². The van der Waals surface area contributed by atoms with Crippen molar-refractivity contribution in [3.05, 3.63) is 44.9 Å². The fraction of sp³-hybridized carbons (Fsp3) is 0.333. The Morgan fingerprint density at radius 2 is 1.95 bits per heavy atom. The van der Waals surface area contributed by atoms with Crippen molar-refractivity contribution in [1.82, 2.24) is 9.97 Å². The van der Waals surface area contributed by atoms with E-state index in [1.165, 1.54) is 0 Å². The minimum absolute atomic E-state index is 0.541. The highest BCUT2D eigenvalue weighted by Crippen LogP contribution is 2.29. The molecule has 0 saturated heterocycles. The molecular weight excluding hydrogens is 403 g/mol. The van der Waals surface area contributed by atoms with Crippen LogP contribution >= 0.6 is 46.0 Å². The van der Waals surface area contributed by atoms with Gasteiger partial charge in [-0.2, -0.15) is 11.8 Å². The quantitative estimate of drug-likeness (QED) is 0.478. The van der Waals surface area contributed by atoms with Crippen molar-refractivity contribution >= 4 is 46.0 Å². The third-order valence-electron chi connectivity index (χ3n) is 2.98. The number of nitrogens with zero attached hydrogens (tertiary/aromatic N) is 2. The van der Waals surface area contributed by atoms with Crippen molar-refractivity contribution in [2.75, 3.05) is 0 Å². The van der Waals surface area contributed by atoms with E-state index >= 15 is 0 Å². The maximum atomic E-state index is 6.25. The second-order valence-electron chi connectivity index (χ2n) is 4.49. The number of hydrogen-bond donors (Lipinski definition) is 0. The lowest BCUT2D eigenvalue weighted by Crippen LogP contribution is -2.02. The molecule has 0 aliphatic carbocycles. The van der Waals surface area contributed by atoms with Gasteiger partial charge in [-0.15, -0.1) is 0 Å². The van der Waals surface area contributed by atoms with Gasteiger partial charge in [-0.25, -0.2) is 9.97 Å². The molecule has 0 spiro atoms. The monoisotopic (exact) mass is 418 g/mol. The molecule has 2 rings (SSSR count). The fourth-order valence-corrected chi connectivity index (χ4v) is 3.19.